The first kappa shape index (κ1) is 33.5. The summed E-state index contributed by atoms with van der Waals surface area (Å²) < 4.78 is 39.2. The van der Waals surface area contributed by atoms with Crippen LogP contribution in [0.15, 0.2) is 28.7 Å². The highest BCUT2D eigenvalue weighted by atomic mass is 79.9. The lowest BCUT2D eigenvalue weighted by atomic mass is 9.88. The third kappa shape index (κ3) is 9.70. The molecule has 0 aliphatic carbocycles. The molecule has 2 rings (SSSR count). The Hall–Kier alpha value is -3.72. The third-order valence-corrected chi connectivity index (χ3v) is 6.12. The lowest BCUT2D eigenvalue weighted by Crippen LogP contribution is -2.70. The molecule has 0 aromatic heterocycles. The van der Waals surface area contributed by atoms with Crippen LogP contribution in [0.4, 0.5) is 0 Å². The van der Waals surface area contributed by atoms with E-state index in [0.29, 0.717) is 4.47 Å². The normalized spacial score (nSPS) is 23.1. The number of benzene rings is 1. The molecule has 14 nitrogen and oxygen atoms in total. The highest BCUT2D eigenvalue weighted by molar-refractivity contribution is 9.10. The van der Waals surface area contributed by atoms with Gasteiger partial charge in [0.2, 0.25) is 5.91 Å². The summed E-state index contributed by atoms with van der Waals surface area (Å²) >= 11 is 3.30. The van der Waals surface area contributed by atoms with E-state index in [9.17, 15) is 28.8 Å². The molecule has 0 bridgehead atoms. The van der Waals surface area contributed by atoms with E-state index in [1.54, 1.807) is 12.1 Å². The number of halogens is 1. The number of nitrogens with one attached hydrogen (secondary N) is 1. The molecule has 1 amide bonds. The van der Waals surface area contributed by atoms with E-state index in [1.807, 2.05) is 0 Å². The number of carbonyl (C=O) groups excluding carboxylic acids is 6. The SMILES string of the molecule is COC(=O)C1(Oc2ccc(Br)cc2)C[C@H](OC(C)=O)[C@@H](NC(C)=O)[C@H]([C@H](OC(C)=O)[C@@H](COC(C)=O)OC(C)=O)O1. The van der Waals surface area contributed by atoms with Gasteiger partial charge in [-0.25, -0.2) is 4.79 Å². The molecule has 0 radical (unpaired) electrons. The van der Waals surface area contributed by atoms with Crippen LogP contribution in [0.25, 0.3) is 0 Å². The molecule has 0 saturated carbocycles. The van der Waals surface area contributed by atoms with Gasteiger partial charge in [-0.3, -0.25) is 24.0 Å². The van der Waals surface area contributed by atoms with Gasteiger partial charge in [-0.05, 0) is 24.3 Å². The molecule has 1 fully saturated rings. The first-order valence-corrected chi connectivity index (χ1v) is 13.1. The van der Waals surface area contributed by atoms with E-state index in [2.05, 4.69) is 21.2 Å². The van der Waals surface area contributed by atoms with Gasteiger partial charge in [-0.15, -0.1) is 0 Å². The average Bonchev–Trinajstić information content (AvgIpc) is 2.86. The fourth-order valence-electron chi connectivity index (χ4n) is 4.20. The van der Waals surface area contributed by atoms with Gasteiger partial charge in [0.05, 0.1) is 19.6 Å². The molecule has 1 N–H and O–H groups in total. The standard InChI is InChI=1S/C26H32BrNO13/c1-13(29)28-22-20(37-15(3)31)11-26(25(34)35-6,40-19-9-7-18(27)8-10-19)41-24(22)23(39-17(5)33)21(38-16(4)32)12-36-14(2)30/h7-10,20-24H,11-12H2,1-6H3,(H,28,29)/t20-,21+,22+,23+,24+,26?/m0/s1. The zero-order valence-electron chi connectivity index (χ0n) is 23.3. The zero-order valence-corrected chi connectivity index (χ0v) is 24.9. The van der Waals surface area contributed by atoms with Crippen LogP contribution >= 0.6 is 15.9 Å². The Balaban J connectivity index is 2.77. The molecular formula is C26H32BrNO13. The van der Waals surface area contributed by atoms with E-state index in [-0.39, 0.29) is 5.75 Å². The number of methoxy groups -OCH3 is 1. The quantitative estimate of drug-likeness (QED) is 0.269. The van der Waals surface area contributed by atoms with Crippen molar-refractivity contribution < 1.29 is 61.9 Å². The van der Waals surface area contributed by atoms with Gasteiger partial charge in [-0.1, -0.05) is 15.9 Å². The second-order valence-electron chi connectivity index (χ2n) is 8.99. The number of hydrogen-bond donors (Lipinski definition) is 1. The summed E-state index contributed by atoms with van der Waals surface area (Å²) in [5, 5.41) is 2.59. The van der Waals surface area contributed by atoms with Crippen molar-refractivity contribution in [3.8, 4) is 5.75 Å². The van der Waals surface area contributed by atoms with E-state index in [0.717, 1.165) is 34.8 Å². The molecule has 1 heterocycles. The van der Waals surface area contributed by atoms with Crippen LogP contribution in [0.1, 0.15) is 41.0 Å². The van der Waals surface area contributed by atoms with Crippen LogP contribution < -0.4 is 10.1 Å². The monoisotopic (exact) mass is 645 g/mol. The molecule has 1 aliphatic rings. The number of amides is 1. The van der Waals surface area contributed by atoms with E-state index in [4.69, 9.17) is 33.2 Å². The molecule has 1 aliphatic heterocycles. The maximum Gasteiger partial charge on any atom is 0.379 e. The highest BCUT2D eigenvalue weighted by Crippen LogP contribution is 2.38. The molecule has 226 valence electrons. The van der Waals surface area contributed by atoms with Crippen molar-refractivity contribution >= 4 is 51.7 Å². The molecule has 0 spiro atoms. The number of hydrogen-bond acceptors (Lipinski definition) is 13. The van der Waals surface area contributed by atoms with Crippen molar-refractivity contribution in [2.24, 2.45) is 0 Å². The van der Waals surface area contributed by atoms with Crippen molar-refractivity contribution in [3.63, 3.8) is 0 Å². The Labute approximate surface area is 244 Å². The number of carbonyl (C=O) groups is 6. The Kier molecular flexibility index (Phi) is 12.1. The fraction of sp³-hybridized carbons (Fsp3) is 0.538. The summed E-state index contributed by atoms with van der Waals surface area (Å²) in [6.07, 6.45) is -6.54. The van der Waals surface area contributed by atoms with Gasteiger partial charge in [0.15, 0.2) is 12.2 Å². The number of esters is 5. The van der Waals surface area contributed by atoms with Gasteiger partial charge in [0, 0.05) is 39.1 Å². The zero-order chi connectivity index (χ0) is 30.9. The van der Waals surface area contributed by atoms with Crippen LogP contribution in [0, 0.1) is 0 Å². The van der Waals surface area contributed by atoms with Gasteiger partial charge >= 0.3 is 35.6 Å². The summed E-state index contributed by atoms with van der Waals surface area (Å²) in [6.45, 7) is 4.90. The van der Waals surface area contributed by atoms with Crippen LogP contribution in [0.2, 0.25) is 0 Å². The van der Waals surface area contributed by atoms with E-state index in [1.165, 1.54) is 19.1 Å². The minimum absolute atomic E-state index is 0.136. The Morgan fingerprint density at radius 2 is 1.56 bits per heavy atom. The lowest BCUT2D eigenvalue weighted by molar-refractivity contribution is -0.289. The molecule has 1 unspecified atom stereocenters. The average molecular weight is 646 g/mol. The second kappa shape index (κ2) is 14.8. The molecule has 1 aromatic carbocycles. The Bertz CT molecular complexity index is 1140. The minimum Gasteiger partial charge on any atom is -0.464 e. The van der Waals surface area contributed by atoms with E-state index < -0.39 is 85.0 Å². The minimum atomic E-state index is -2.33. The molecule has 41 heavy (non-hydrogen) atoms. The molecular weight excluding hydrogens is 614 g/mol. The van der Waals surface area contributed by atoms with Crippen molar-refractivity contribution in [2.75, 3.05) is 13.7 Å². The van der Waals surface area contributed by atoms with Gasteiger partial charge in [0.25, 0.3) is 0 Å². The third-order valence-electron chi connectivity index (χ3n) is 5.59. The molecule has 1 aromatic rings. The summed E-state index contributed by atoms with van der Waals surface area (Å²) in [6, 6.07) is 4.99. The topological polar surface area (TPSA) is 179 Å². The predicted molar refractivity (Wildman–Crippen MR) is 140 cm³/mol. The van der Waals surface area contributed by atoms with Crippen LogP contribution in [-0.2, 0) is 57.2 Å². The fourth-order valence-corrected chi connectivity index (χ4v) is 4.46. The van der Waals surface area contributed by atoms with E-state index >= 15 is 0 Å². The first-order chi connectivity index (χ1) is 19.2. The lowest BCUT2D eigenvalue weighted by Gasteiger charge is -2.48. The number of rotatable bonds is 11. The van der Waals surface area contributed by atoms with Crippen LogP contribution in [0.5, 0.6) is 5.75 Å². The molecule has 6 atom stereocenters. The van der Waals surface area contributed by atoms with Gasteiger partial charge in [-0.2, -0.15) is 0 Å². The summed E-state index contributed by atoms with van der Waals surface area (Å²) in [7, 11) is 1.07. The van der Waals surface area contributed by atoms with Crippen molar-refractivity contribution in [2.45, 2.75) is 77.3 Å². The summed E-state index contributed by atoms with van der Waals surface area (Å²) in [5.74, 6) is -7.11. The highest BCUT2D eigenvalue weighted by Gasteiger charge is 2.60. The largest absolute Gasteiger partial charge is 0.464 e. The Morgan fingerprint density at radius 1 is 0.951 bits per heavy atom. The predicted octanol–water partition coefficient (Wildman–Crippen LogP) is 1.35. The van der Waals surface area contributed by atoms with Crippen LogP contribution in [-0.4, -0.2) is 85.7 Å². The van der Waals surface area contributed by atoms with Crippen molar-refractivity contribution in [1.29, 1.82) is 0 Å². The second-order valence-corrected chi connectivity index (χ2v) is 9.90. The van der Waals surface area contributed by atoms with Gasteiger partial charge < -0.3 is 38.5 Å². The van der Waals surface area contributed by atoms with Crippen molar-refractivity contribution in [3.05, 3.63) is 28.7 Å². The molecule has 15 heteroatoms. The van der Waals surface area contributed by atoms with Crippen molar-refractivity contribution in [1.82, 2.24) is 5.32 Å². The first-order valence-electron chi connectivity index (χ1n) is 12.3. The number of ether oxygens (including phenoxy) is 7. The summed E-state index contributed by atoms with van der Waals surface area (Å²) in [4.78, 5) is 73.6. The summed E-state index contributed by atoms with van der Waals surface area (Å²) in [5.41, 5.74) is 0. The van der Waals surface area contributed by atoms with Crippen LogP contribution in [0.3, 0.4) is 0 Å². The Morgan fingerprint density at radius 3 is 2.05 bits per heavy atom. The van der Waals surface area contributed by atoms with Gasteiger partial charge in [0.1, 0.15) is 24.6 Å². The smallest absolute Gasteiger partial charge is 0.379 e. The molecule has 1 saturated heterocycles. The maximum atomic E-state index is 13.3. The maximum absolute atomic E-state index is 13.3.